The zero-order chi connectivity index (χ0) is 13.2. The molecule has 0 fully saturated rings. The van der Waals surface area contributed by atoms with Crippen LogP contribution in [0.1, 0.15) is 11.3 Å². The Hall–Kier alpha value is -1.49. The summed E-state index contributed by atoms with van der Waals surface area (Å²) in [7, 11) is 1.39. The van der Waals surface area contributed by atoms with E-state index in [0.717, 1.165) is 4.47 Å². The SMILES string of the molecule is COc1cccc(C(F)(F)c2ccc(Br)cc2)n1. The molecule has 94 valence electrons. The van der Waals surface area contributed by atoms with Gasteiger partial charge < -0.3 is 4.74 Å². The molecular weight excluding hydrogens is 304 g/mol. The summed E-state index contributed by atoms with van der Waals surface area (Å²) in [4.78, 5) is 3.78. The highest BCUT2D eigenvalue weighted by Gasteiger charge is 2.35. The van der Waals surface area contributed by atoms with E-state index in [4.69, 9.17) is 4.74 Å². The summed E-state index contributed by atoms with van der Waals surface area (Å²) in [5.41, 5.74) is -0.435. The minimum absolute atomic E-state index is 0.105. The van der Waals surface area contributed by atoms with Crippen LogP contribution in [0.2, 0.25) is 0 Å². The minimum Gasteiger partial charge on any atom is -0.481 e. The molecule has 0 N–H and O–H groups in total. The molecule has 0 aliphatic rings. The first-order valence-corrected chi connectivity index (χ1v) is 5.98. The molecule has 1 aromatic carbocycles. The summed E-state index contributed by atoms with van der Waals surface area (Å²) in [5, 5.41) is 0. The maximum absolute atomic E-state index is 14.2. The highest BCUT2D eigenvalue weighted by Crippen LogP contribution is 2.35. The smallest absolute Gasteiger partial charge is 0.315 e. The molecule has 0 bridgehead atoms. The second-order valence-electron chi connectivity index (χ2n) is 3.65. The predicted molar refractivity (Wildman–Crippen MR) is 67.9 cm³/mol. The minimum atomic E-state index is -3.14. The normalized spacial score (nSPS) is 11.3. The number of benzene rings is 1. The molecule has 0 aliphatic carbocycles. The first kappa shape index (κ1) is 13.0. The van der Waals surface area contributed by atoms with E-state index in [1.54, 1.807) is 12.1 Å². The van der Waals surface area contributed by atoms with Crippen LogP contribution in [0.25, 0.3) is 0 Å². The van der Waals surface area contributed by atoms with Gasteiger partial charge in [0, 0.05) is 16.1 Å². The van der Waals surface area contributed by atoms with E-state index >= 15 is 0 Å². The van der Waals surface area contributed by atoms with Gasteiger partial charge in [-0.3, -0.25) is 0 Å². The van der Waals surface area contributed by atoms with Gasteiger partial charge in [0.2, 0.25) is 5.88 Å². The van der Waals surface area contributed by atoms with Crippen molar-refractivity contribution in [1.29, 1.82) is 0 Å². The van der Waals surface area contributed by atoms with Gasteiger partial charge >= 0.3 is 5.92 Å². The molecule has 5 heteroatoms. The van der Waals surface area contributed by atoms with Gasteiger partial charge in [-0.25, -0.2) is 4.98 Å². The average Bonchev–Trinajstić information content (AvgIpc) is 2.39. The zero-order valence-electron chi connectivity index (χ0n) is 9.53. The number of hydrogen-bond donors (Lipinski definition) is 0. The average molecular weight is 314 g/mol. The summed E-state index contributed by atoms with van der Waals surface area (Å²) in [6.45, 7) is 0. The fraction of sp³-hybridized carbons (Fsp3) is 0.154. The van der Waals surface area contributed by atoms with Crippen LogP contribution in [0.4, 0.5) is 8.78 Å². The Morgan fingerprint density at radius 1 is 1.11 bits per heavy atom. The van der Waals surface area contributed by atoms with E-state index in [-0.39, 0.29) is 17.1 Å². The van der Waals surface area contributed by atoms with Crippen LogP contribution < -0.4 is 4.74 Å². The summed E-state index contributed by atoms with van der Waals surface area (Å²) in [6.07, 6.45) is 0. The van der Waals surface area contributed by atoms with Crippen molar-refractivity contribution in [2.75, 3.05) is 7.11 Å². The Balaban J connectivity index is 2.43. The molecule has 0 spiro atoms. The molecule has 0 atom stereocenters. The maximum Gasteiger partial charge on any atom is 0.315 e. The van der Waals surface area contributed by atoms with Gasteiger partial charge in [0.15, 0.2) is 0 Å². The predicted octanol–water partition coefficient (Wildman–Crippen LogP) is 3.99. The molecule has 0 saturated carbocycles. The Morgan fingerprint density at radius 3 is 2.39 bits per heavy atom. The Kier molecular flexibility index (Phi) is 3.61. The van der Waals surface area contributed by atoms with Crippen LogP contribution in [0.3, 0.4) is 0 Å². The summed E-state index contributed by atoms with van der Waals surface area (Å²) in [5.74, 6) is -2.97. The number of ether oxygens (including phenoxy) is 1. The number of pyridine rings is 1. The Labute approximate surface area is 112 Å². The number of methoxy groups -OCH3 is 1. The first-order chi connectivity index (χ1) is 8.54. The fourth-order valence-electron chi connectivity index (χ4n) is 1.51. The molecule has 0 amide bonds. The number of rotatable bonds is 3. The quantitative estimate of drug-likeness (QED) is 0.854. The summed E-state index contributed by atoms with van der Waals surface area (Å²) >= 11 is 3.21. The standard InChI is InChI=1S/C13H10BrF2NO/c1-18-12-4-2-3-11(17-12)13(15,16)9-5-7-10(14)8-6-9/h2-8H,1H3. The van der Waals surface area contributed by atoms with Crippen molar-refractivity contribution in [3.63, 3.8) is 0 Å². The number of nitrogens with zero attached hydrogens (tertiary/aromatic N) is 1. The lowest BCUT2D eigenvalue weighted by Gasteiger charge is -2.16. The monoisotopic (exact) mass is 313 g/mol. The third-order valence-corrected chi connectivity index (χ3v) is 2.99. The van der Waals surface area contributed by atoms with E-state index in [0.29, 0.717) is 0 Å². The topological polar surface area (TPSA) is 22.1 Å². The Morgan fingerprint density at radius 2 is 1.78 bits per heavy atom. The molecule has 1 heterocycles. The van der Waals surface area contributed by atoms with Gasteiger partial charge in [0.05, 0.1) is 7.11 Å². The summed E-state index contributed by atoms with van der Waals surface area (Å²) < 4.78 is 34.0. The Bertz CT molecular complexity index is 543. The third-order valence-electron chi connectivity index (χ3n) is 2.46. The van der Waals surface area contributed by atoms with E-state index in [1.807, 2.05) is 0 Å². The van der Waals surface area contributed by atoms with Crippen LogP contribution in [0.5, 0.6) is 5.88 Å². The van der Waals surface area contributed by atoms with Crippen LogP contribution in [-0.2, 0) is 5.92 Å². The third kappa shape index (κ3) is 2.51. The van der Waals surface area contributed by atoms with Crippen molar-refractivity contribution >= 4 is 15.9 Å². The first-order valence-electron chi connectivity index (χ1n) is 5.19. The lowest BCUT2D eigenvalue weighted by Crippen LogP contribution is -2.17. The number of halogens is 3. The fourth-order valence-corrected chi connectivity index (χ4v) is 1.77. The molecule has 0 aliphatic heterocycles. The molecule has 2 nitrogen and oxygen atoms in total. The van der Waals surface area contributed by atoms with Gasteiger partial charge in [0.25, 0.3) is 0 Å². The lowest BCUT2D eigenvalue weighted by molar-refractivity contribution is 0.0374. The zero-order valence-corrected chi connectivity index (χ0v) is 11.1. The molecule has 2 aromatic rings. The van der Waals surface area contributed by atoms with Gasteiger partial charge in [-0.2, -0.15) is 8.78 Å². The molecule has 0 radical (unpaired) electrons. The van der Waals surface area contributed by atoms with E-state index in [9.17, 15) is 8.78 Å². The van der Waals surface area contributed by atoms with Crippen molar-refractivity contribution in [2.24, 2.45) is 0 Å². The van der Waals surface area contributed by atoms with Crippen molar-refractivity contribution in [2.45, 2.75) is 5.92 Å². The van der Waals surface area contributed by atoms with Crippen molar-refractivity contribution in [3.05, 3.63) is 58.2 Å². The lowest BCUT2D eigenvalue weighted by atomic mass is 10.1. The van der Waals surface area contributed by atoms with Crippen LogP contribution >= 0.6 is 15.9 Å². The van der Waals surface area contributed by atoms with Gasteiger partial charge in [-0.05, 0) is 18.2 Å². The molecule has 18 heavy (non-hydrogen) atoms. The number of alkyl halides is 2. The number of aromatic nitrogens is 1. The highest BCUT2D eigenvalue weighted by molar-refractivity contribution is 9.10. The molecular formula is C13H10BrF2NO. The van der Waals surface area contributed by atoms with Gasteiger partial charge in [-0.15, -0.1) is 0 Å². The second-order valence-corrected chi connectivity index (χ2v) is 4.56. The van der Waals surface area contributed by atoms with Crippen molar-refractivity contribution in [1.82, 2.24) is 4.98 Å². The summed E-state index contributed by atoms with van der Waals surface area (Å²) in [6, 6.07) is 10.2. The molecule has 1 aromatic heterocycles. The highest BCUT2D eigenvalue weighted by atomic mass is 79.9. The van der Waals surface area contributed by atoms with Crippen LogP contribution in [0, 0.1) is 0 Å². The van der Waals surface area contributed by atoms with Crippen LogP contribution in [0.15, 0.2) is 46.9 Å². The molecule has 2 rings (SSSR count). The largest absolute Gasteiger partial charge is 0.481 e. The second kappa shape index (κ2) is 5.02. The van der Waals surface area contributed by atoms with Crippen molar-refractivity contribution < 1.29 is 13.5 Å². The number of hydrogen-bond acceptors (Lipinski definition) is 2. The van der Waals surface area contributed by atoms with Gasteiger partial charge in [0.1, 0.15) is 5.69 Å². The van der Waals surface area contributed by atoms with E-state index in [2.05, 4.69) is 20.9 Å². The molecule has 0 saturated heterocycles. The van der Waals surface area contributed by atoms with Crippen molar-refractivity contribution in [3.8, 4) is 5.88 Å². The maximum atomic E-state index is 14.2. The van der Waals surface area contributed by atoms with Crippen LogP contribution in [-0.4, -0.2) is 12.1 Å². The van der Waals surface area contributed by atoms with E-state index < -0.39 is 5.92 Å². The van der Waals surface area contributed by atoms with E-state index in [1.165, 1.54) is 37.4 Å². The van der Waals surface area contributed by atoms with Gasteiger partial charge in [-0.1, -0.05) is 34.1 Å². The molecule has 0 unspecified atom stereocenters.